The molecule has 25 heavy (non-hydrogen) atoms. The van der Waals surface area contributed by atoms with Gasteiger partial charge < -0.3 is 4.57 Å². The molecule has 4 aromatic carbocycles. The maximum atomic E-state index is 6.30. The number of hydrogen-bond acceptors (Lipinski definition) is 0. The Morgan fingerprint density at radius 1 is 0.640 bits per heavy atom. The first kappa shape index (κ1) is 14.6. The molecule has 120 valence electrons. The highest BCUT2D eigenvalue weighted by molar-refractivity contribution is 6.33. The van der Waals surface area contributed by atoms with Crippen molar-refractivity contribution in [2.45, 2.75) is 0 Å². The predicted octanol–water partition coefficient (Wildman–Crippen LogP) is 6.81. The average Bonchev–Trinajstić information content (AvgIpc) is 3.00. The van der Waals surface area contributed by atoms with Gasteiger partial charge in [-0.1, -0.05) is 72.3 Å². The van der Waals surface area contributed by atoms with Gasteiger partial charge in [-0.15, -0.1) is 0 Å². The van der Waals surface area contributed by atoms with E-state index in [-0.39, 0.29) is 0 Å². The molecule has 0 aliphatic rings. The molecule has 1 aromatic heterocycles. The number of halogens is 1. The first-order valence-electron chi connectivity index (χ1n) is 8.39. The predicted molar refractivity (Wildman–Crippen MR) is 108 cm³/mol. The van der Waals surface area contributed by atoms with Crippen LogP contribution in [0, 0.1) is 0 Å². The van der Waals surface area contributed by atoms with Crippen LogP contribution in [0.25, 0.3) is 43.7 Å². The van der Waals surface area contributed by atoms with Crippen LogP contribution < -0.4 is 0 Å². The highest BCUT2D eigenvalue weighted by Gasteiger charge is 2.15. The SMILES string of the molecule is Cn1c(-c2ccccc2)cc2c3ccc(Cl)cc3c3ccccc3c21. The van der Waals surface area contributed by atoms with E-state index in [0.717, 1.165) is 5.02 Å². The summed E-state index contributed by atoms with van der Waals surface area (Å²) < 4.78 is 2.31. The summed E-state index contributed by atoms with van der Waals surface area (Å²) in [7, 11) is 2.15. The highest BCUT2D eigenvalue weighted by Crippen LogP contribution is 2.39. The number of benzene rings is 4. The molecule has 0 saturated carbocycles. The van der Waals surface area contributed by atoms with Gasteiger partial charge in [0.2, 0.25) is 0 Å². The molecule has 0 saturated heterocycles. The second-order valence-electron chi connectivity index (χ2n) is 6.45. The minimum absolute atomic E-state index is 0.774. The van der Waals surface area contributed by atoms with Gasteiger partial charge in [-0.25, -0.2) is 0 Å². The number of aromatic nitrogens is 1. The molecule has 0 unspecified atom stereocenters. The van der Waals surface area contributed by atoms with Crippen molar-refractivity contribution < 1.29 is 0 Å². The standard InChI is InChI=1S/C23H16ClN/c1-25-22(15-7-3-2-4-8-15)14-21-18-12-11-16(24)13-20(18)17-9-5-6-10-19(17)23(21)25/h2-14H,1H3. The smallest absolute Gasteiger partial charge is 0.0568 e. The second-order valence-corrected chi connectivity index (χ2v) is 6.89. The molecular weight excluding hydrogens is 326 g/mol. The maximum Gasteiger partial charge on any atom is 0.0568 e. The van der Waals surface area contributed by atoms with Crippen LogP contribution >= 0.6 is 11.6 Å². The molecule has 0 bridgehead atoms. The lowest BCUT2D eigenvalue weighted by Gasteiger charge is -2.10. The number of fused-ring (bicyclic) bond motifs is 6. The summed E-state index contributed by atoms with van der Waals surface area (Å²) in [6.07, 6.45) is 0. The molecule has 2 heteroatoms. The minimum Gasteiger partial charge on any atom is -0.343 e. The fourth-order valence-electron chi connectivity index (χ4n) is 3.92. The van der Waals surface area contributed by atoms with Gasteiger partial charge in [0.25, 0.3) is 0 Å². The molecule has 0 spiro atoms. The third-order valence-corrected chi connectivity index (χ3v) is 5.28. The van der Waals surface area contributed by atoms with E-state index in [1.165, 1.54) is 43.7 Å². The van der Waals surface area contributed by atoms with Crippen LogP contribution in [0.1, 0.15) is 0 Å². The Morgan fingerprint density at radius 2 is 1.32 bits per heavy atom. The number of hydrogen-bond donors (Lipinski definition) is 0. The topological polar surface area (TPSA) is 4.93 Å². The van der Waals surface area contributed by atoms with Gasteiger partial charge in [0, 0.05) is 28.5 Å². The van der Waals surface area contributed by atoms with E-state index in [0.29, 0.717) is 0 Å². The molecule has 0 amide bonds. The summed E-state index contributed by atoms with van der Waals surface area (Å²) >= 11 is 6.30. The van der Waals surface area contributed by atoms with Crippen molar-refractivity contribution in [3.8, 4) is 11.3 Å². The normalized spacial score (nSPS) is 11.6. The fourth-order valence-corrected chi connectivity index (χ4v) is 4.09. The van der Waals surface area contributed by atoms with Crippen molar-refractivity contribution in [1.29, 1.82) is 0 Å². The van der Waals surface area contributed by atoms with E-state index in [9.17, 15) is 0 Å². The zero-order chi connectivity index (χ0) is 17.0. The summed E-state index contributed by atoms with van der Waals surface area (Å²) in [5, 5.41) is 7.00. The number of aryl methyl sites for hydroxylation is 1. The molecule has 0 aliphatic carbocycles. The van der Waals surface area contributed by atoms with E-state index >= 15 is 0 Å². The molecule has 0 N–H and O–H groups in total. The highest BCUT2D eigenvalue weighted by atomic mass is 35.5. The molecule has 5 aromatic rings. The Balaban J connectivity index is 2.03. The van der Waals surface area contributed by atoms with Crippen LogP contribution in [0.4, 0.5) is 0 Å². The Labute approximate surface area is 151 Å². The molecule has 0 radical (unpaired) electrons. The van der Waals surface area contributed by atoms with Gasteiger partial charge in [-0.05, 0) is 39.9 Å². The molecule has 0 fully saturated rings. The summed E-state index contributed by atoms with van der Waals surface area (Å²) in [5.74, 6) is 0. The maximum absolute atomic E-state index is 6.30. The Hall–Kier alpha value is -2.77. The first-order valence-corrected chi connectivity index (χ1v) is 8.76. The third kappa shape index (κ3) is 2.09. The lowest BCUT2D eigenvalue weighted by Crippen LogP contribution is -1.92. The zero-order valence-corrected chi connectivity index (χ0v) is 14.6. The van der Waals surface area contributed by atoms with E-state index in [2.05, 4.69) is 84.4 Å². The summed E-state index contributed by atoms with van der Waals surface area (Å²) in [4.78, 5) is 0. The van der Waals surface area contributed by atoms with Gasteiger partial charge in [-0.3, -0.25) is 0 Å². The van der Waals surface area contributed by atoms with Crippen LogP contribution in [0.2, 0.25) is 5.02 Å². The molecule has 0 aliphatic heterocycles. The van der Waals surface area contributed by atoms with E-state index in [4.69, 9.17) is 11.6 Å². The van der Waals surface area contributed by atoms with Crippen molar-refractivity contribution in [3.05, 3.63) is 83.9 Å². The summed E-state index contributed by atoms with van der Waals surface area (Å²) in [6.45, 7) is 0. The van der Waals surface area contributed by atoms with Gasteiger partial charge in [0.15, 0.2) is 0 Å². The van der Waals surface area contributed by atoms with E-state index in [1.807, 2.05) is 6.07 Å². The molecule has 0 atom stereocenters. The van der Waals surface area contributed by atoms with Crippen molar-refractivity contribution in [1.82, 2.24) is 4.57 Å². The minimum atomic E-state index is 0.774. The van der Waals surface area contributed by atoms with Crippen molar-refractivity contribution >= 4 is 44.0 Å². The molecule has 1 nitrogen and oxygen atoms in total. The lowest BCUT2D eigenvalue weighted by atomic mass is 9.98. The van der Waals surface area contributed by atoms with Crippen LogP contribution in [0.3, 0.4) is 0 Å². The molecular formula is C23H16ClN. The Bertz CT molecular complexity index is 1250. The Morgan fingerprint density at radius 3 is 2.12 bits per heavy atom. The lowest BCUT2D eigenvalue weighted by molar-refractivity contribution is 0.982. The number of rotatable bonds is 1. The van der Waals surface area contributed by atoms with Gasteiger partial charge in [0.05, 0.1) is 5.52 Å². The van der Waals surface area contributed by atoms with Crippen LogP contribution in [-0.2, 0) is 7.05 Å². The van der Waals surface area contributed by atoms with Crippen molar-refractivity contribution in [2.24, 2.45) is 7.05 Å². The second kappa shape index (κ2) is 5.37. The quantitative estimate of drug-likeness (QED) is 0.295. The van der Waals surface area contributed by atoms with Crippen molar-refractivity contribution in [2.75, 3.05) is 0 Å². The van der Waals surface area contributed by atoms with Gasteiger partial charge >= 0.3 is 0 Å². The summed E-state index contributed by atoms with van der Waals surface area (Å²) in [6, 6.07) is 27.6. The number of nitrogens with zero attached hydrogens (tertiary/aromatic N) is 1. The van der Waals surface area contributed by atoms with E-state index in [1.54, 1.807) is 0 Å². The van der Waals surface area contributed by atoms with Gasteiger partial charge in [0.1, 0.15) is 0 Å². The van der Waals surface area contributed by atoms with Gasteiger partial charge in [-0.2, -0.15) is 0 Å². The van der Waals surface area contributed by atoms with Crippen LogP contribution in [0.5, 0.6) is 0 Å². The van der Waals surface area contributed by atoms with Crippen molar-refractivity contribution in [3.63, 3.8) is 0 Å². The van der Waals surface area contributed by atoms with Crippen LogP contribution in [-0.4, -0.2) is 4.57 Å². The Kier molecular flexibility index (Phi) is 3.13. The fraction of sp³-hybridized carbons (Fsp3) is 0.0435. The van der Waals surface area contributed by atoms with E-state index < -0.39 is 0 Å². The van der Waals surface area contributed by atoms with Crippen LogP contribution in [0.15, 0.2) is 78.9 Å². The zero-order valence-electron chi connectivity index (χ0n) is 13.8. The monoisotopic (exact) mass is 341 g/mol. The summed E-state index contributed by atoms with van der Waals surface area (Å²) in [5.41, 5.74) is 3.72. The average molecular weight is 342 g/mol. The largest absolute Gasteiger partial charge is 0.343 e. The molecule has 1 heterocycles. The molecule has 5 rings (SSSR count). The third-order valence-electron chi connectivity index (χ3n) is 5.05. The first-order chi connectivity index (χ1) is 12.2.